The largest absolute Gasteiger partial charge is 0.377 e. The summed E-state index contributed by atoms with van der Waals surface area (Å²) in [6.07, 6.45) is 7.34. The first-order valence-corrected chi connectivity index (χ1v) is 8.64. The molecule has 1 aliphatic heterocycles. The summed E-state index contributed by atoms with van der Waals surface area (Å²) >= 11 is 1.68. The standard InChI is InChI=1S/C16H23N3O2S/c1-11-8-17-15(22-11)14(13-5-6-13)18-16(20)19(2)9-12-4-3-7-21-10-12/h4,8,13-14H,3,5-7,9-10H2,1-2H3,(H,18,20). The van der Waals surface area contributed by atoms with Crippen LogP contribution in [-0.4, -0.2) is 42.7 Å². The van der Waals surface area contributed by atoms with E-state index in [1.54, 1.807) is 16.2 Å². The van der Waals surface area contributed by atoms with Crippen LogP contribution in [0.5, 0.6) is 0 Å². The predicted molar refractivity (Wildman–Crippen MR) is 87.0 cm³/mol. The number of likely N-dealkylation sites (N-methyl/N-ethyl adjacent to an activating group) is 1. The fourth-order valence-corrected chi connectivity index (χ4v) is 3.58. The van der Waals surface area contributed by atoms with Gasteiger partial charge in [0.1, 0.15) is 5.01 Å². The van der Waals surface area contributed by atoms with Crippen molar-refractivity contribution in [2.45, 2.75) is 32.2 Å². The highest BCUT2D eigenvalue weighted by atomic mass is 32.1. The first-order valence-electron chi connectivity index (χ1n) is 7.83. The van der Waals surface area contributed by atoms with Crippen LogP contribution in [0, 0.1) is 12.8 Å². The lowest BCUT2D eigenvalue weighted by Crippen LogP contribution is -2.41. The molecule has 1 unspecified atom stereocenters. The Balaban J connectivity index is 1.60. The number of nitrogens with one attached hydrogen (secondary N) is 1. The van der Waals surface area contributed by atoms with Crippen LogP contribution in [0.4, 0.5) is 4.79 Å². The van der Waals surface area contributed by atoms with Crippen molar-refractivity contribution < 1.29 is 9.53 Å². The maximum Gasteiger partial charge on any atom is 0.318 e. The Morgan fingerprint density at radius 3 is 3.00 bits per heavy atom. The van der Waals surface area contributed by atoms with Gasteiger partial charge in [0, 0.05) is 24.7 Å². The van der Waals surface area contributed by atoms with Crippen molar-refractivity contribution in [3.63, 3.8) is 0 Å². The summed E-state index contributed by atoms with van der Waals surface area (Å²) in [6, 6.07) is 0.0291. The fraction of sp³-hybridized carbons (Fsp3) is 0.625. The first-order chi connectivity index (χ1) is 10.6. The van der Waals surface area contributed by atoms with E-state index in [0.717, 1.165) is 18.0 Å². The molecule has 1 aromatic heterocycles. The summed E-state index contributed by atoms with van der Waals surface area (Å²) in [6.45, 7) is 4.09. The molecule has 1 atom stereocenters. The lowest BCUT2D eigenvalue weighted by Gasteiger charge is -2.24. The van der Waals surface area contributed by atoms with Gasteiger partial charge in [0.15, 0.2) is 0 Å². The Kier molecular flexibility index (Phi) is 4.78. The maximum atomic E-state index is 12.5. The molecule has 1 saturated carbocycles. The Morgan fingerprint density at radius 1 is 1.59 bits per heavy atom. The van der Waals surface area contributed by atoms with Crippen molar-refractivity contribution in [1.29, 1.82) is 0 Å². The SMILES string of the molecule is Cc1cnc(C(NC(=O)N(C)CC2=CCCOC2)C2CC2)s1. The number of urea groups is 1. The Morgan fingerprint density at radius 2 is 2.41 bits per heavy atom. The number of rotatable bonds is 5. The van der Waals surface area contributed by atoms with Crippen molar-refractivity contribution >= 4 is 17.4 Å². The van der Waals surface area contributed by atoms with E-state index in [0.29, 0.717) is 19.1 Å². The van der Waals surface area contributed by atoms with Gasteiger partial charge < -0.3 is 15.0 Å². The van der Waals surface area contributed by atoms with E-state index in [1.165, 1.54) is 23.3 Å². The molecule has 0 aromatic carbocycles. The third kappa shape index (κ3) is 3.87. The number of amides is 2. The molecule has 0 bridgehead atoms. The van der Waals surface area contributed by atoms with Crippen LogP contribution in [0.25, 0.3) is 0 Å². The number of ether oxygens (including phenoxy) is 1. The Hall–Kier alpha value is -1.40. The molecular weight excluding hydrogens is 298 g/mol. The maximum absolute atomic E-state index is 12.5. The van der Waals surface area contributed by atoms with Crippen LogP contribution < -0.4 is 5.32 Å². The van der Waals surface area contributed by atoms with E-state index in [9.17, 15) is 4.79 Å². The zero-order valence-corrected chi connectivity index (χ0v) is 14.0. The number of carbonyl (C=O) groups is 1. The topological polar surface area (TPSA) is 54.5 Å². The number of carbonyl (C=O) groups excluding carboxylic acids is 1. The highest BCUT2D eigenvalue weighted by Gasteiger charge is 2.35. The van der Waals surface area contributed by atoms with Crippen LogP contribution in [0.1, 0.15) is 35.2 Å². The number of hydrogen-bond acceptors (Lipinski definition) is 4. The van der Waals surface area contributed by atoms with Gasteiger partial charge in [-0.05, 0) is 37.7 Å². The molecule has 3 rings (SSSR count). The molecule has 0 radical (unpaired) electrons. The zero-order valence-electron chi connectivity index (χ0n) is 13.2. The van der Waals surface area contributed by atoms with E-state index < -0.39 is 0 Å². The Bertz CT molecular complexity index is 565. The average Bonchev–Trinajstić information content (AvgIpc) is 3.27. The number of aryl methyl sites for hydroxylation is 1. The smallest absolute Gasteiger partial charge is 0.318 e. The summed E-state index contributed by atoms with van der Waals surface area (Å²) < 4.78 is 5.43. The zero-order chi connectivity index (χ0) is 15.5. The number of aromatic nitrogens is 1. The van der Waals surface area contributed by atoms with Crippen molar-refractivity contribution in [2.75, 3.05) is 26.8 Å². The van der Waals surface area contributed by atoms with E-state index in [1.807, 2.05) is 13.2 Å². The van der Waals surface area contributed by atoms with Crippen molar-refractivity contribution in [2.24, 2.45) is 5.92 Å². The van der Waals surface area contributed by atoms with Crippen LogP contribution >= 0.6 is 11.3 Å². The molecule has 0 saturated heterocycles. The summed E-state index contributed by atoms with van der Waals surface area (Å²) in [5.41, 5.74) is 1.18. The molecule has 120 valence electrons. The van der Waals surface area contributed by atoms with Crippen molar-refractivity contribution in [3.05, 3.63) is 27.7 Å². The molecule has 0 spiro atoms. The van der Waals surface area contributed by atoms with Gasteiger partial charge in [0.2, 0.25) is 0 Å². The van der Waals surface area contributed by atoms with Gasteiger partial charge in [0.25, 0.3) is 0 Å². The van der Waals surface area contributed by atoms with Gasteiger partial charge in [-0.1, -0.05) is 6.08 Å². The third-order valence-corrected chi connectivity index (χ3v) is 5.04. The highest BCUT2D eigenvalue weighted by molar-refractivity contribution is 7.11. The van der Waals surface area contributed by atoms with Crippen LogP contribution in [-0.2, 0) is 4.74 Å². The lowest BCUT2D eigenvalue weighted by atomic mass is 10.2. The molecule has 1 aliphatic carbocycles. The minimum absolute atomic E-state index is 0.0313. The molecule has 1 N–H and O–H groups in total. The van der Waals surface area contributed by atoms with E-state index in [2.05, 4.69) is 23.3 Å². The summed E-state index contributed by atoms with van der Waals surface area (Å²) in [7, 11) is 1.84. The molecule has 1 fully saturated rings. The fourth-order valence-electron chi connectivity index (χ4n) is 2.67. The number of thiazole rings is 1. The van der Waals surface area contributed by atoms with E-state index in [4.69, 9.17) is 4.74 Å². The van der Waals surface area contributed by atoms with Crippen LogP contribution in [0.15, 0.2) is 17.8 Å². The minimum Gasteiger partial charge on any atom is -0.377 e. The third-order valence-electron chi connectivity index (χ3n) is 4.05. The number of hydrogen-bond donors (Lipinski definition) is 1. The van der Waals surface area contributed by atoms with Crippen LogP contribution in [0.2, 0.25) is 0 Å². The second-order valence-electron chi connectivity index (χ2n) is 6.13. The van der Waals surface area contributed by atoms with Gasteiger partial charge in [-0.15, -0.1) is 11.3 Å². The predicted octanol–water partition coefficient (Wildman–Crippen LogP) is 2.89. The Labute approximate surface area is 135 Å². The molecule has 2 amide bonds. The molecule has 2 heterocycles. The molecule has 6 heteroatoms. The summed E-state index contributed by atoms with van der Waals surface area (Å²) in [4.78, 5) is 19.8. The second-order valence-corrected chi connectivity index (χ2v) is 7.40. The van der Waals surface area contributed by atoms with Gasteiger partial charge in [-0.25, -0.2) is 9.78 Å². The summed E-state index contributed by atoms with van der Waals surface area (Å²) in [5.74, 6) is 0.542. The van der Waals surface area contributed by atoms with E-state index in [-0.39, 0.29) is 12.1 Å². The molecule has 5 nitrogen and oxygen atoms in total. The lowest BCUT2D eigenvalue weighted by molar-refractivity contribution is 0.144. The van der Waals surface area contributed by atoms with Crippen molar-refractivity contribution in [3.8, 4) is 0 Å². The van der Waals surface area contributed by atoms with Crippen LogP contribution in [0.3, 0.4) is 0 Å². The summed E-state index contributed by atoms with van der Waals surface area (Å²) in [5, 5.41) is 4.19. The number of nitrogens with zero attached hydrogens (tertiary/aromatic N) is 2. The van der Waals surface area contributed by atoms with E-state index >= 15 is 0 Å². The molecule has 1 aromatic rings. The van der Waals surface area contributed by atoms with Gasteiger partial charge in [-0.3, -0.25) is 0 Å². The quantitative estimate of drug-likeness (QED) is 0.849. The molecular formula is C16H23N3O2S. The monoisotopic (exact) mass is 321 g/mol. The van der Waals surface area contributed by atoms with Gasteiger partial charge >= 0.3 is 6.03 Å². The first kappa shape index (κ1) is 15.5. The molecule has 22 heavy (non-hydrogen) atoms. The average molecular weight is 321 g/mol. The second kappa shape index (κ2) is 6.79. The van der Waals surface area contributed by atoms with Gasteiger partial charge in [0.05, 0.1) is 19.3 Å². The highest BCUT2D eigenvalue weighted by Crippen LogP contribution is 2.42. The van der Waals surface area contributed by atoms with Crippen molar-refractivity contribution in [1.82, 2.24) is 15.2 Å². The molecule has 2 aliphatic rings. The normalized spacial score (nSPS) is 19.5. The minimum atomic E-state index is -0.0313. The van der Waals surface area contributed by atoms with Gasteiger partial charge in [-0.2, -0.15) is 0 Å².